The number of nitrogen functional groups attached to an aromatic ring is 2. The topological polar surface area (TPSA) is 111 Å². The maximum Gasteiger partial charge on any atom is 0.235 e. The summed E-state index contributed by atoms with van der Waals surface area (Å²) >= 11 is 1.26. The Balaban J connectivity index is 1.97. The molecule has 0 bridgehead atoms. The molecular weight excluding hydrogens is 276 g/mol. The van der Waals surface area contributed by atoms with Crippen LogP contribution in [-0.4, -0.2) is 44.1 Å². The maximum absolute atomic E-state index is 12.4. The number of aromatic nitrogens is 3. The molecule has 1 saturated heterocycles. The van der Waals surface area contributed by atoms with E-state index in [9.17, 15) is 4.79 Å². The largest absolute Gasteiger partial charge is 0.368 e. The minimum Gasteiger partial charge on any atom is -0.368 e. The lowest BCUT2D eigenvalue weighted by molar-refractivity contribution is -0.131. The molecule has 8 heteroatoms. The summed E-state index contributed by atoms with van der Waals surface area (Å²) in [6, 6.07) is 0. The van der Waals surface area contributed by atoms with Gasteiger partial charge in [0.05, 0.1) is 5.25 Å². The number of carbonyl (C=O) groups is 1. The highest BCUT2D eigenvalue weighted by atomic mass is 32.2. The lowest BCUT2D eigenvalue weighted by Gasteiger charge is -2.31. The zero-order valence-electron chi connectivity index (χ0n) is 11.7. The van der Waals surface area contributed by atoms with Crippen LogP contribution in [0.3, 0.4) is 0 Å². The third kappa shape index (κ3) is 3.72. The fourth-order valence-electron chi connectivity index (χ4n) is 2.14. The molecule has 20 heavy (non-hydrogen) atoms. The Labute approximate surface area is 122 Å². The summed E-state index contributed by atoms with van der Waals surface area (Å²) in [6.45, 7) is 5.72. The van der Waals surface area contributed by atoms with Gasteiger partial charge in [-0.15, -0.1) is 0 Å². The zero-order chi connectivity index (χ0) is 14.7. The average Bonchev–Trinajstić information content (AvgIpc) is 2.37. The fraction of sp³-hybridized carbons (Fsp3) is 0.667. The molecular formula is C12H20N6OS. The van der Waals surface area contributed by atoms with E-state index in [2.05, 4.69) is 21.9 Å². The lowest BCUT2D eigenvalue weighted by atomic mass is 9.99. The molecule has 1 aromatic heterocycles. The molecule has 1 fully saturated rings. The monoisotopic (exact) mass is 296 g/mol. The molecule has 1 aliphatic rings. The second-order valence-corrected chi connectivity index (χ2v) is 6.41. The van der Waals surface area contributed by atoms with E-state index in [-0.39, 0.29) is 23.1 Å². The van der Waals surface area contributed by atoms with Crippen LogP contribution in [0.5, 0.6) is 0 Å². The van der Waals surface area contributed by atoms with Crippen LogP contribution >= 0.6 is 11.8 Å². The fourth-order valence-corrected chi connectivity index (χ4v) is 2.99. The maximum atomic E-state index is 12.4. The number of anilines is 2. The molecule has 0 radical (unpaired) electrons. The molecule has 0 saturated carbocycles. The van der Waals surface area contributed by atoms with E-state index in [1.165, 1.54) is 11.8 Å². The van der Waals surface area contributed by atoms with Gasteiger partial charge in [-0.05, 0) is 25.7 Å². The summed E-state index contributed by atoms with van der Waals surface area (Å²) < 4.78 is 0. The Morgan fingerprint density at radius 2 is 1.80 bits per heavy atom. The van der Waals surface area contributed by atoms with E-state index < -0.39 is 0 Å². The van der Waals surface area contributed by atoms with Crippen LogP contribution in [0.15, 0.2) is 5.16 Å². The first kappa shape index (κ1) is 14.8. The number of hydrogen-bond acceptors (Lipinski definition) is 7. The van der Waals surface area contributed by atoms with Gasteiger partial charge < -0.3 is 16.4 Å². The first-order chi connectivity index (χ1) is 9.45. The summed E-state index contributed by atoms with van der Waals surface area (Å²) in [4.78, 5) is 25.9. The van der Waals surface area contributed by atoms with E-state index in [1.54, 1.807) is 0 Å². The van der Waals surface area contributed by atoms with Gasteiger partial charge in [-0.25, -0.2) is 0 Å². The molecule has 1 amide bonds. The first-order valence-electron chi connectivity index (χ1n) is 6.68. The second-order valence-electron chi connectivity index (χ2n) is 5.10. The van der Waals surface area contributed by atoms with Crippen LogP contribution in [0.4, 0.5) is 11.9 Å². The molecule has 2 rings (SSSR count). The molecule has 0 spiro atoms. The van der Waals surface area contributed by atoms with Crippen molar-refractivity contribution in [1.82, 2.24) is 19.9 Å². The van der Waals surface area contributed by atoms with E-state index in [1.807, 2.05) is 11.8 Å². The van der Waals surface area contributed by atoms with Crippen molar-refractivity contribution in [2.24, 2.45) is 5.92 Å². The summed E-state index contributed by atoms with van der Waals surface area (Å²) in [6.07, 6.45) is 2.13. The van der Waals surface area contributed by atoms with Gasteiger partial charge in [0.15, 0.2) is 5.16 Å². The summed E-state index contributed by atoms with van der Waals surface area (Å²) in [7, 11) is 0. The number of rotatable bonds is 3. The van der Waals surface area contributed by atoms with Gasteiger partial charge >= 0.3 is 0 Å². The molecule has 2 heterocycles. The number of hydrogen-bond donors (Lipinski definition) is 2. The minimum atomic E-state index is -0.260. The van der Waals surface area contributed by atoms with Crippen LogP contribution in [0.1, 0.15) is 26.7 Å². The van der Waals surface area contributed by atoms with Gasteiger partial charge in [-0.2, -0.15) is 15.0 Å². The van der Waals surface area contributed by atoms with Gasteiger partial charge in [0, 0.05) is 13.1 Å². The first-order valence-corrected chi connectivity index (χ1v) is 7.56. The quantitative estimate of drug-likeness (QED) is 0.792. The van der Waals surface area contributed by atoms with Crippen molar-refractivity contribution in [2.75, 3.05) is 24.6 Å². The highest BCUT2D eigenvalue weighted by Gasteiger charge is 2.25. The predicted octanol–water partition coefficient (Wildman–Crippen LogP) is 0.775. The Bertz CT molecular complexity index is 469. The SMILES string of the molecule is CC1CCN(C(=O)[C@@H](C)Sc2nc(N)nc(N)n2)CC1. The van der Waals surface area contributed by atoms with Crippen molar-refractivity contribution < 1.29 is 4.79 Å². The number of carbonyl (C=O) groups excluding carboxylic acids is 1. The molecule has 0 aromatic carbocycles. The summed E-state index contributed by atoms with van der Waals surface area (Å²) in [5, 5.41) is 0.130. The third-order valence-electron chi connectivity index (χ3n) is 3.37. The number of thioether (sulfide) groups is 1. The number of nitrogens with two attached hydrogens (primary N) is 2. The molecule has 4 N–H and O–H groups in total. The Kier molecular flexibility index (Phi) is 4.64. The number of nitrogens with zero attached hydrogens (tertiary/aromatic N) is 4. The Morgan fingerprint density at radius 3 is 2.35 bits per heavy atom. The van der Waals surface area contributed by atoms with E-state index >= 15 is 0 Å². The van der Waals surface area contributed by atoms with Crippen molar-refractivity contribution in [1.29, 1.82) is 0 Å². The molecule has 1 aromatic rings. The third-order valence-corrected chi connectivity index (χ3v) is 4.32. The van der Waals surface area contributed by atoms with Crippen molar-refractivity contribution in [3.8, 4) is 0 Å². The molecule has 0 aliphatic carbocycles. The Hall–Kier alpha value is -1.57. The van der Waals surface area contributed by atoms with Crippen LogP contribution < -0.4 is 11.5 Å². The van der Waals surface area contributed by atoms with Gasteiger partial charge in [0.2, 0.25) is 17.8 Å². The van der Waals surface area contributed by atoms with E-state index in [0.29, 0.717) is 11.1 Å². The van der Waals surface area contributed by atoms with Crippen molar-refractivity contribution in [3.05, 3.63) is 0 Å². The van der Waals surface area contributed by atoms with E-state index in [4.69, 9.17) is 11.5 Å². The van der Waals surface area contributed by atoms with Crippen LogP contribution in [0.2, 0.25) is 0 Å². The van der Waals surface area contributed by atoms with Crippen LogP contribution in [-0.2, 0) is 4.79 Å². The smallest absolute Gasteiger partial charge is 0.235 e. The second kappa shape index (κ2) is 6.25. The van der Waals surface area contributed by atoms with Crippen LogP contribution in [0.25, 0.3) is 0 Å². The summed E-state index contributed by atoms with van der Waals surface area (Å²) in [5.74, 6) is 0.961. The van der Waals surface area contributed by atoms with Gasteiger partial charge in [0.25, 0.3) is 0 Å². The molecule has 7 nitrogen and oxygen atoms in total. The highest BCUT2D eigenvalue weighted by Crippen LogP contribution is 2.24. The van der Waals surface area contributed by atoms with Gasteiger partial charge in [-0.3, -0.25) is 4.79 Å². The molecule has 1 atom stereocenters. The highest BCUT2D eigenvalue weighted by molar-refractivity contribution is 8.00. The van der Waals surface area contributed by atoms with Crippen LogP contribution in [0, 0.1) is 5.92 Å². The zero-order valence-corrected chi connectivity index (χ0v) is 12.6. The summed E-state index contributed by atoms with van der Waals surface area (Å²) in [5.41, 5.74) is 11.0. The minimum absolute atomic E-state index is 0.0754. The standard InChI is InChI=1S/C12H20N6OS/c1-7-3-5-18(6-4-7)9(19)8(2)20-12-16-10(13)15-11(14)17-12/h7-8H,3-6H2,1-2H3,(H4,13,14,15,16,17)/t8-/m1/s1. The average molecular weight is 296 g/mol. The number of piperidine rings is 1. The van der Waals surface area contributed by atoms with E-state index in [0.717, 1.165) is 25.9 Å². The lowest BCUT2D eigenvalue weighted by Crippen LogP contribution is -2.41. The number of likely N-dealkylation sites (tertiary alicyclic amines) is 1. The predicted molar refractivity (Wildman–Crippen MR) is 78.9 cm³/mol. The number of amides is 1. The van der Waals surface area contributed by atoms with Gasteiger partial charge in [0.1, 0.15) is 0 Å². The Morgan fingerprint density at radius 1 is 1.25 bits per heavy atom. The van der Waals surface area contributed by atoms with Crippen molar-refractivity contribution >= 4 is 29.6 Å². The molecule has 110 valence electrons. The van der Waals surface area contributed by atoms with Crippen molar-refractivity contribution in [2.45, 2.75) is 37.1 Å². The van der Waals surface area contributed by atoms with Gasteiger partial charge in [-0.1, -0.05) is 18.7 Å². The molecule has 1 aliphatic heterocycles. The normalized spacial score (nSPS) is 18.0. The molecule has 0 unspecified atom stereocenters. The van der Waals surface area contributed by atoms with Crippen molar-refractivity contribution in [3.63, 3.8) is 0 Å².